The Kier molecular flexibility index (Phi) is 6.89. The maximum Gasteiger partial charge on any atom is 0.365 e. The lowest BCUT2D eigenvalue weighted by molar-refractivity contribution is -0.168. The van der Waals surface area contributed by atoms with Crippen LogP contribution in [0, 0.1) is 0 Å². The zero-order valence-corrected chi connectivity index (χ0v) is 13.9. The van der Waals surface area contributed by atoms with Gasteiger partial charge in [-0.15, -0.1) is 0 Å². The van der Waals surface area contributed by atoms with Crippen LogP contribution < -0.4 is 5.73 Å². The molecule has 2 N–H and O–H groups in total. The van der Waals surface area contributed by atoms with Crippen LogP contribution in [0.4, 0.5) is 17.6 Å². The lowest BCUT2D eigenvalue weighted by atomic mass is 10.1. The zero-order valence-electron chi connectivity index (χ0n) is 13.9. The smallest absolute Gasteiger partial charge is 0.365 e. The molecule has 0 saturated carbocycles. The number of amidine groups is 1. The maximum atomic E-state index is 12.8. The van der Waals surface area contributed by atoms with Gasteiger partial charge in [0.15, 0.2) is 5.84 Å². The number of ether oxygens (including phenoxy) is 1. The summed E-state index contributed by atoms with van der Waals surface area (Å²) in [6.45, 7) is -1.81. The predicted octanol–water partition coefficient (Wildman–Crippen LogP) is 3.58. The first-order valence-electron chi connectivity index (χ1n) is 7.72. The van der Waals surface area contributed by atoms with Crippen molar-refractivity contribution >= 4 is 11.8 Å². The van der Waals surface area contributed by atoms with Gasteiger partial charge in [-0.2, -0.15) is 8.78 Å². The number of rotatable bonds is 8. The van der Waals surface area contributed by atoms with Crippen LogP contribution in [0.5, 0.6) is 0 Å². The highest BCUT2D eigenvalue weighted by Gasteiger charge is 2.40. The molecule has 0 spiro atoms. The van der Waals surface area contributed by atoms with E-state index < -0.39 is 24.9 Å². The van der Waals surface area contributed by atoms with Crippen LogP contribution in [0.1, 0.15) is 21.5 Å². The summed E-state index contributed by atoms with van der Waals surface area (Å²) in [4.78, 5) is 16.8. The van der Waals surface area contributed by atoms with Crippen LogP contribution >= 0.6 is 0 Å². The molecule has 0 amide bonds. The predicted molar refractivity (Wildman–Crippen MR) is 89.6 cm³/mol. The van der Waals surface area contributed by atoms with Crippen molar-refractivity contribution < 1.29 is 31.9 Å². The summed E-state index contributed by atoms with van der Waals surface area (Å²) in [5, 5.41) is 3.55. The summed E-state index contributed by atoms with van der Waals surface area (Å²) in [6, 6.07) is 14.3. The molecular weight excluding hydrogens is 368 g/mol. The molecule has 0 saturated heterocycles. The Morgan fingerprint density at radius 1 is 1.07 bits per heavy atom. The van der Waals surface area contributed by atoms with E-state index >= 15 is 0 Å². The van der Waals surface area contributed by atoms with Crippen molar-refractivity contribution in [3.8, 4) is 0 Å². The van der Waals surface area contributed by atoms with Crippen LogP contribution in [-0.2, 0) is 16.2 Å². The number of carbonyl (C=O) groups is 1. The minimum Gasteiger partial charge on any atom is -0.380 e. The summed E-state index contributed by atoms with van der Waals surface area (Å²) in [6.07, 6.45) is -3.81. The molecule has 0 bridgehead atoms. The molecule has 0 aromatic heterocycles. The molecule has 0 heterocycles. The van der Waals surface area contributed by atoms with Crippen molar-refractivity contribution in [1.82, 2.24) is 0 Å². The molecule has 0 aliphatic heterocycles. The second-order valence-electron chi connectivity index (χ2n) is 5.48. The molecule has 2 rings (SSSR count). The van der Waals surface area contributed by atoms with E-state index in [9.17, 15) is 22.4 Å². The minimum atomic E-state index is -4.24. The van der Waals surface area contributed by atoms with E-state index in [0.29, 0.717) is 11.1 Å². The summed E-state index contributed by atoms with van der Waals surface area (Å²) in [7, 11) is 0. The van der Waals surface area contributed by atoms with Crippen molar-refractivity contribution in [3.63, 3.8) is 0 Å². The van der Waals surface area contributed by atoms with Crippen molar-refractivity contribution in [3.05, 3.63) is 71.3 Å². The first-order chi connectivity index (χ1) is 12.8. The Morgan fingerprint density at radius 2 is 1.74 bits per heavy atom. The maximum absolute atomic E-state index is 12.8. The molecule has 0 aliphatic rings. The van der Waals surface area contributed by atoms with E-state index in [-0.39, 0.29) is 18.0 Å². The number of oxime groups is 1. The van der Waals surface area contributed by atoms with E-state index in [4.69, 9.17) is 10.6 Å². The van der Waals surface area contributed by atoms with Gasteiger partial charge >= 0.3 is 18.3 Å². The second kappa shape index (κ2) is 9.13. The summed E-state index contributed by atoms with van der Waals surface area (Å²) >= 11 is 0. The monoisotopic (exact) mass is 384 g/mol. The summed E-state index contributed by atoms with van der Waals surface area (Å²) in [5.74, 6) is -5.06. The van der Waals surface area contributed by atoms with E-state index in [1.807, 2.05) is 0 Å². The quantitative estimate of drug-likeness (QED) is 0.248. The Labute approximate surface area is 152 Å². The van der Waals surface area contributed by atoms with Gasteiger partial charge in [-0.05, 0) is 17.7 Å². The van der Waals surface area contributed by atoms with Gasteiger partial charge in [-0.25, -0.2) is 13.6 Å². The number of halogens is 4. The first-order valence-corrected chi connectivity index (χ1v) is 7.72. The average Bonchev–Trinajstić information content (AvgIpc) is 2.66. The lowest BCUT2D eigenvalue weighted by Crippen LogP contribution is -2.32. The third kappa shape index (κ3) is 6.07. The van der Waals surface area contributed by atoms with E-state index in [0.717, 1.165) is 0 Å². The SMILES string of the molecule is N/C(=N\OC(=O)c1cccc(COCC(F)(F)C(F)F)c1)c1ccccc1. The highest BCUT2D eigenvalue weighted by molar-refractivity contribution is 5.98. The van der Waals surface area contributed by atoms with Crippen molar-refractivity contribution in [2.75, 3.05) is 6.61 Å². The molecule has 0 atom stereocenters. The topological polar surface area (TPSA) is 73.9 Å². The van der Waals surface area contributed by atoms with Crippen LogP contribution in [0.15, 0.2) is 59.8 Å². The fourth-order valence-electron chi connectivity index (χ4n) is 1.96. The van der Waals surface area contributed by atoms with Crippen LogP contribution in [-0.4, -0.2) is 30.8 Å². The van der Waals surface area contributed by atoms with E-state index in [1.54, 1.807) is 30.3 Å². The number of nitrogens with two attached hydrogens (primary N) is 1. The summed E-state index contributed by atoms with van der Waals surface area (Å²) in [5.41, 5.74) is 6.66. The van der Waals surface area contributed by atoms with Crippen molar-refractivity contribution in [1.29, 1.82) is 0 Å². The Balaban J connectivity index is 1.95. The number of carbonyl (C=O) groups excluding carboxylic acids is 1. The highest BCUT2D eigenvalue weighted by atomic mass is 19.3. The van der Waals surface area contributed by atoms with Gasteiger partial charge in [-0.1, -0.05) is 47.6 Å². The number of hydrogen-bond acceptors (Lipinski definition) is 4. The number of alkyl halides is 4. The molecular formula is C18H16F4N2O3. The number of nitrogens with zero attached hydrogens (tertiary/aromatic N) is 1. The Hall–Kier alpha value is -2.94. The molecule has 5 nitrogen and oxygen atoms in total. The number of benzene rings is 2. The third-order valence-electron chi connectivity index (χ3n) is 3.34. The third-order valence-corrected chi connectivity index (χ3v) is 3.34. The average molecular weight is 384 g/mol. The largest absolute Gasteiger partial charge is 0.380 e. The fourth-order valence-corrected chi connectivity index (χ4v) is 1.96. The van der Waals surface area contributed by atoms with Crippen LogP contribution in [0.3, 0.4) is 0 Å². The molecule has 2 aromatic rings. The molecule has 27 heavy (non-hydrogen) atoms. The van der Waals surface area contributed by atoms with Gasteiger partial charge in [0.1, 0.15) is 6.61 Å². The molecule has 0 unspecified atom stereocenters. The molecule has 9 heteroatoms. The second-order valence-corrected chi connectivity index (χ2v) is 5.48. The molecule has 144 valence electrons. The van der Waals surface area contributed by atoms with E-state index in [2.05, 4.69) is 9.89 Å². The zero-order chi connectivity index (χ0) is 19.9. The Morgan fingerprint density at radius 3 is 2.41 bits per heavy atom. The normalized spacial score (nSPS) is 12.3. The fraction of sp³-hybridized carbons (Fsp3) is 0.222. The standard InChI is InChI=1S/C18H16F4N2O3/c19-17(20)18(21,22)11-26-10-12-5-4-8-14(9-12)16(25)27-24-15(23)13-6-2-1-3-7-13/h1-9,17H,10-11H2,(H2,23,24). The van der Waals surface area contributed by atoms with Gasteiger partial charge in [0.25, 0.3) is 0 Å². The van der Waals surface area contributed by atoms with Gasteiger partial charge in [0.05, 0.1) is 12.2 Å². The van der Waals surface area contributed by atoms with Crippen molar-refractivity contribution in [2.45, 2.75) is 19.0 Å². The number of hydrogen-bond donors (Lipinski definition) is 1. The van der Waals surface area contributed by atoms with Gasteiger partial charge in [-0.3, -0.25) is 0 Å². The Bertz CT molecular complexity index is 798. The van der Waals surface area contributed by atoms with Gasteiger partial charge in [0, 0.05) is 5.56 Å². The van der Waals surface area contributed by atoms with Crippen LogP contribution in [0.25, 0.3) is 0 Å². The molecule has 0 fully saturated rings. The minimum absolute atomic E-state index is 0.00216. The first kappa shape index (κ1) is 20.4. The van der Waals surface area contributed by atoms with Crippen LogP contribution in [0.2, 0.25) is 0 Å². The molecule has 2 aromatic carbocycles. The molecule has 0 aliphatic carbocycles. The summed E-state index contributed by atoms with van der Waals surface area (Å²) < 4.78 is 54.3. The molecule has 0 radical (unpaired) electrons. The highest BCUT2D eigenvalue weighted by Crippen LogP contribution is 2.23. The lowest BCUT2D eigenvalue weighted by Gasteiger charge is -2.15. The van der Waals surface area contributed by atoms with Crippen molar-refractivity contribution in [2.24, 2.45) is 10.9 Å². The van der Waals surface area contributed by atoms with E-state index in [1.165, 1.54) is 24.3 Å². The van der Waals surface area contributed by atoms with Gasteiger partial charge in [0.2, 0.25) is 0 Å². The van der Waals surface area contributed by atoms with Gasteiger partial charge < -0.3 is 15.3 Å².